The maximum Gasteiger partial charge on any atom is 0.267 e. The number of halogens is 1. The Balaban J connectivity index is 1.65. The summed E-state index contributed by atoms with van der Waals surface area (Å²) in [6.45, 7) is 0.590. The fraction of sp³-hybridized carbons (Fsp3) is 0.190. The number of hydrogen-bond acceptors (Lipinski definition) is 5. The predicted octanol–water partition coefficient (Wildman–Crippen LogP) is 3.07. The minimum absolute atomic E-state index is 0.0651. The molecule has 7 heteroatoms. The fourth-order valence-corrected chi connectivity index (χ4v) is 3.44. The first-order chi connectivity index (χ1) is 13.5. The van der Waals surface area contributed by atoms with Gasteiger partial charge in [-0.05, 0) is 48.1 Å². The fourth-order valence-electron chi connectivity index (χ4n) is 3.44. The molecular weight excluding hydrogens is 359 g/mol. The second-order valence-electron chi connectivity index (χ2n) is 6.78. The SMILES string of the molecule is NC(=O)c1cc(N)nc(-c2ccc3c(c2)OCCC3Cc2ccc(F)cc2)n1. The van der Waals surface area contributed by atoms with Gasteiger partial charge in [0.25, 0.3) is 5.91 Å². The van der Waals surface area contributed by atoms with E-state index in [1.54, 1.807) is 0 Å². The van der Waals surface area contributed by atoms with E-state index in [1.807, 2.05) is 30.3 Å². The zero-order chi connectivity index (χ0) is 19.7. The van der Waals surface area contributed by atoms with Crippen molar-refractivity contribution < 1.29 is 13.9 Å². The third kappa shape index (κ3) is 3.64. The van der Waals surface area contributed by atoms with Crippen LogP contribution in [0.15, 0.2) is 48.5 Å². The molecule has 1 aliphatic rings. The van der Waals surface area contributed by atoms with Gasteiger partial charge in [0.2, 0.25) is 0 Å². The Morgan fingerprint density at radius 2 is 1.93 bits per heavy atom. The topological polar surface area (TPSA) is 104 Å². The number of benzene rings is 2. The molecule has 0 aliphatic carbocycles. The van der Waals surface area contributed by atoms with Gasteiger partial charge < -0.3 is 16.2 Å². The second kappa shape index (κ2) is 7.26. The number of aromatic nitrogens is 2. The zero-order valence-electron chi connectivity index (χ0n) is 15.1. The molecular formula is C21H19FN4O2. The molecule has 0 bridgehead atoms. The van der Waals surface area contributed by atoms with Crippen molar-refractivity contribution in [3.8, 4) is 17.1 Å². The van der Waals surface area contributed by atoms with E-state index in [0.717, 1.165) is 29.7 Å². The highest BCUT2D eigenvalue weighted by Crippen LogP contribution is 2.38. The predicted molar refractivity (Wildman–Crippen MR) is 103 cm³/mol. The molecule has 0 spiro atoms. The second-order valence-corrected chi connectivity index (χ2v) is 6.78. The summed E-state index contributed by atoms with van der Waals surface area (Å²) in [6.07, 6.45) is 1.68. The quantitative estimate of drug-likeness (QED) is 0.726. The normalized spacial score (nSPS) is 15.5. The largest absolute Gasteiger partial charge is 0.493 e. The van der Waals surface area contributed by atoms with Gasteiger partial charge in [-0.3, -0.25) is 4.79 Å². The molecule has 28 heavy (non-hydrogen) atoms. The maximum absolute atomic E-state index is 13.1. The van der Waals surface area contributed by atoms with Crippen molar-refractivity contribution in [1.29, 1.82) is 0 Å². The van der Waals surface area contributed by atoms with Gasteiger partial charge in [-0.2, -0.15) is 0 Å². The van der Waals surface area contributed by atoms with E-state index in [4.69, 9.17) is 16.2 Å². The highest BCUT2D eigenvalue weighted by Gasteiger charge is 2.23. The molecule has 1 aliphatic heterocycles. The number of amides is 1. The van der Waals surface area contributed by atoms with Crippen LogP contribution >= 0.6 is 0 Å². The van der Waals surface area contributed by atoms with Crippen molar-refractivity contribution in [2.75, 3.05) is 12.3 Å². The summed E-state index contributed by atoms with van der Waals surface area (Å²) in [6, 6.07) is 13.6. The van der Waals surface area contributed by atoms with Gasteiger partial charge in [0.05, 0.1) is 6.61 Å². The highest BCUT2D eigenvalue weighted by atomic mass is 19.1. The van der Waals surface area contributed by atoms with Gasteiger partial charge in [0.1, 0.15) is 23.1 Å². The van der Waals surface area contributed by atoms with Crippen molar-refractivity contribution in [3.05, 3.63) is 71.2 Å². The third-order valence-corrected chi connectivity index (χ3v) is 4.83. The molecule has 2 heterocycles. The third-order valence-electron chi connectivity index (χ3n) is 4.83. The maximum atomic E-state index is 13.1. The van der Waals surface area contributed by atoms with E-state index in [-0.39, 0.29) is 23.2 Å². The average Bonchev–Trinajstić information content (AvgIpc) is 2.69. The Bertz CT molecular complexity index is 1040. The van der Waals surface area contributed by atoms with Crippen molar-refractivity contribution in [2.24, 2.45) is 5.73 Å². The lowest BCUT2D eigenvalue weighted by Crippen LogP contribution is -2.16. The number of anilines is 1. The van der Waals surface area contributed by atoms with Crippen LogP contribution in [0.2, 0.25) is 0 Å². The molecule has 6 nitrogen and oxygen atoms in total. The lowest BCUT2D eigenvalue weighted by atomic mass is 9.87. The molecule has 1 amide bonds. The Morgan fingerprint density at radius 3 is 2.68 bits per heavy atom. The molecule has 142 valence electrons. The number of primary amides is 1. The molecule has 0 radical (unpaired) electrons. The summed E-state index contributed by atoms with van der Waals surface area (Å²) in [5.74, 6) is 0.614. The van der Waals surface area contributed by atoms with Crippen molar-refractivity contribution in [2.45, 2.75) is 18.8 Å². The van der Waals surface area contributed by atoms with E-state index in [9.17, 15) is 9.18 Å². The Hall–Kier alpha value is -3.48. The first kappa shape index (κ1) is 17.9. The van der Waals surface area contributed by atoms with Crippen LogP contribution in [0.1, 0.15) is 34.0 Å². The van der Waals surface area contributed by atoms with Crippen LogP contribution in [0.5, 0.6) is 5.75 Å². The van der Waals surface area contributed by atoms with E-state index in [1.165, 1.54) is 18.2 Å². The van der Waals surface area contributed by atoms with Crippen LogP contribution < -0.4 is 16.2 Å². The number of nitrogens with two attached hydrogens (primary N) is 2. The summed E-state index contributed by atoms with van der Waals surface area (Å²) in [5.41, 5.74) is 14.0. The number of carbonyl (C=O) groups is 1. The number of nitrogen functional groups attached to an aromatic ring is 1. The monoisotopic (exact) mass is 378 g/mol. The lowest BCUT2D eigenvalue weighted by Gasteiger charge is -2.26. The number of nitrogens with zero attached hydrogens (tertiary/aromatic N) is 2. The van der Waals surface area contributed by atoms with Gasteiger partial charge in [-0.1, -0.05) is 24.3 Å². The summed E-state index contributed by atoms with van der Waals surface area (Å²) in [4.78, 5) is 19.8. The standard InChI is InChI=1S/C21H19FN4O2/c22-15-4-1-12(2-5-15)9-13-7-8-28-18-10-14(3-6-16(13)18)21-25-17(20(24)27)11-19(23)26-21/h1-6,10-11,13H,7-9H2,(H2,24,27)(H2,23,25,26). The van der Waals surface area contributed by atoms with E-state index >= 15 is 0 Å². The molecule has 4 N–H and O–H groups in total. The molecule has 0 fully saturated rings. The van der Waals surface area contributed by atoms with Crippen molar-refractivity contribution in [1.82, 2.24) is 9.97 Å². The molecule has 1 aromatic heterocycles. The number of ether oxygens (including phenoxy) is 1. The van der Waals surface area contributed by atoms with E-state index in [2.05, 4.69) is 9.97 Å². The number of carbonyl (C=O) groups excluding carboxylic acids is 1. The highest BCUT2D eigenvalue weighted by molar-refractivity contribution is 5.91. The minimum atomic E-state index is -0.663. The molecule has 0 saturated carbocycles. The number of rotatable bonds is 4. The lowest BCUT2D eigenvalue weighted by molar-refractivity contribution is 0.0995. The number of hydrogen-bond donors (Lipinski definition) is 2. The van der Waals surface area contributed by atoms with Crippen LogP contribution in [0.3, 0.4) is 0 Å². The van der Waals surface area contributed by atoms with E-state index in [0.29, 0.717) is 18.0 Å². The van der Waals surface area contributed by atoms with Gasteiger partial charge in [0.15, 0.2) is 5.82 Å². The Labute approximate surface area is 161 Å². The molecule has 4 rings (SSSR count). The molecule has 0 saturated heterocycles. The average molecular weight is 378 g/mol. The number of fused-ring (bicyclic) bond motifs is 1. The zero-order valence-corrected chi connectivity index (χ0v) is 15.1. The minimum Gasteiger partial charge on any atom is -0.493 e. The molecule has 3 aromatic rings. The Morgan fingerprint density at radius 1 is 1.14 bits per heavy atom. The molecule has 1 atom stereocenters. The van der Waals surface area contributed by atoms with E-state index < -0.39 is 5.91 Å². The first-order valence-electron chi connectivity index (χ1n) is 8.95. The molecule has 1 unspecified atom stereocenters. The molecule has 2 aromatic carbocycles. The summed E-state index contributed by atoms with van der Waals surface area (Å²) in [7, 11) is 0. The van der Waals surface area contributed by atoms with Gasteiger partial charge in [0, 0.05) is 11.6 Å². The van der Waals surface area contributed by atoms with Crippen molar-refractivity contribution in [3.63, 3.8) is 0 Å². The van der Waals surface area contributed by atoms with Crippen LogP contribution in [-0.2, 0) is 6.42 Å². The van der Waals surface area contributed by atoms with Gasteiger partial charge >= 0.3 is 0 Å². The van der Waals surface area contributed by atoms with Crippen LogP contribution in [0.4, 0.5) is 10.2 Å². The summed E-state index contributed by atoms with van der Waals surface area (Å²) < 4.78 is 19.0. The summed E-state index contributed by atoms with van der Waals surface area (Å²) in [5, 5.41) is 0. The van der Waals surface area contributed by atoms with Crippen molar-refractivity contribution >= 4 is 11.7 Å². The van der Waals surface area contributed by atoms with Gasteiger partial charge in [-0.15, -0.1) is 0 Å². The Kier molecular flexibility index (Phi) is 4.65. The smallest absolute Gasteiger partial charge is 0.267 e. The first-order valence-corrected chi connectivity index (χ1v) is 8.95. The van der Waals surface area contributed by atoms with Crippen LogP contribution in [-0.4, -0.2) is 22.5 Å². The van der Waals surface area contributed by atoms with Crippen LogP contribution in [0.25, 0.3) is 11.4 Å². The van der Waals surface area contributed by atoms with Crippen LogP contribution in [0, 0.1) is 5.82 Å². The summed E-state index contributed by atoms with van der Waals surface area (Å²) >= 11 is 0. The van der Waals surface area contributed by atoms with Gasteiger partial charge in [-0.25, -0.2) is 14.4 Å².